The molecule has 0 fully saturated rings. The van der Waals surface area contributed by atoms with Gasteiger partial charge in [0, 0.05) is 30.1 Å². The molecule has 6 nitrogen and oxygen atoms in total. The molecule has 1 aliphatic heterocycles. The number of nitrogens with zero attached hydrogens (tertiary/aromatic N) is 3. The molecule has 0 spiro atoms. The average Bonchev–Trinajstić information content (AvgIpc) is 2.94. The second kappa shape index (κ2) is 6.08. The number of hydrogen-bond donors (Lipinski definition) is 2. The number of amides is 1. The van der Waals surface area contributed by atoms with Gasteiger partial charge in [-0.25, -0.2) is 15.4 Å². The first-order chi connectivity index (χ1) is 11.4. The number of benzene rings is 1. The van der Waals surface area contributed by atoms with Crippen LogP contribution in [0, 0.1) is 0 Å². The van der Waals surface area contributed by atoms with Crippen LogP contribution in [0.1, 0.15) is 27.4 Å². The minimum Gasteiger partial charge on any atom is -0.366 e. The summed E-state index contributed by atoms with van der Waals surface area (Å²) >= 11 is 0. The molecule has 1 unspecified atom stereocenters. The summed E-state index contributed by atoms with van der Waals surface area (Å²) in [6.45, 7) is 0.0102. The largest absolute Gasteiger partial charge is 0.397 e. The number of alkyl halides is 3. The predicted molar refractivity (Wildman–Crippen MR) is 80.0 cm³/mol. The van der Waals surface area contributed by atoms with Crippen LogP contribution in [0.5, 0.6) is 0 Å². The third-order valence-electron chi connectivity index (χ3n) is 3.86. The summed E-state index contributed by atoms with van der Waals surface area (Å²) < 4.78 is 40.4. The molecule has 0 saturated heterocycles. The molecule has 0 radical (unpaired) electrons. The molecule has 1 amide bonds. The molecule has 3 N–H and O–H groups in total. The lowest BCUT2D eigenvalue weighted by atomic mass is 10.0. The second-order valence-electron chi connectivity index (χ2n) is 5.42. The molecule has 126 valence electrons. The van der Waals surface area contributed by atoms with Crippen molar-refractivity contribution in [2.45, 2.75) is 18.6 Å². The van der Waals surface area contributed by atoms with Crippen LogP contribution in [0.3, 0.4) is 0 Å². The fourth-order valence-electron chi connectivity index (χ4n) is 2.62. The number of primary amides is 1. The number of aromatic nitrogens is 2. The van der Waals surface area contributed by atoms with Crippen molar-refractivity contribution in [1.29, 1.82) is 0 Å². The van der Waals surface area contributed by atoms with Gasteiger partial charge in [-0.3, -0.25) is 4.79 Å². The number of nitrogens with two attached hydrogens (primary N) is 1. The second-order valence-corrected chi connectivity index (χ2v) is 5.42. The summed E-state index contributed by atoms with van der Waals surface area (Å²) in [5, 5.41) is 1.38. The van der Waals surface area contributed by atoms with Crippen molar-refractivity contribution in [2.75, 3.05) is 11.6 Å². The maximum absolute atomic E-state index is 13.5. The minimum absolute atomic E-state index is 0.0219. The summed E-state index contributed by atoms with van der Waals surface area (Å²) in [5.41, 5.74) is 9.67. The Kier molecular flexibility index (Phi) is 4.10. The molecule has 1 aromatic carbocycles. The highest BCUT2D eigenvalue weighted by Gasteiger charge is 2.43. The van der Waals surface area contributed by atoms with Crippen LogP contribution >= 0.6 is 0 Å². The van der Waals surface area contributed by atoms with E-state index in [1.165, 1.54) is 17.4 Å². The van der Waals surface area contributed by atoms with E-state index < -0.39 is 18.0 Å². The van der Waals surface area contributed by atoms with Gasteiger partial charge in [0.2, 0.25) is 5.91 Å². The van der Waals surface area contributed by atoms with Crippen LogP contribution in [0.4, 0.5) is 18.9 Å². The number of anilines is 1. The lowest BCUT2D eigenvalue weighted by Gasteiger charge is -2.27. The van der Waals surface area contributed by atoms with E-state index >= 15 is 0 Å². The first-order valence-corrected chi connectivity index (χ1v) is 7.11. The Bertz CT molecular complexity index is 751. The van der Waals surface area contributed by atoms with Crippen LogP contribution in [-0.4, -0.2) is 28.6 Å². The van der Waals surface area contributed by atoms with E-state index in [9.17, 15) is 18.0 Å². The van der Waals surface area contributed by atoms with Gasteiger partial charge in [-0.1, -0.05) is 6.07 Å². The Labute approximate surface area is 135 Å². The van der Waals surface area contributed by atoms with Crippen molar-refractivity contribution in [2.24, 2.45) is 5.73 Å². The molecule has 3 rings (SSSR count). The molecule has 0 saturated carbocycles. The van der Waals surface area contributed by atoms with E-state index in [1.54, 1.807) is 12.1 Å². The monoisotopic (exact) mass is 337 g/mol. The number of halogens is 3. The van der Waals surface area contributed by atoms with E-state index in [-0.39, 0.29) is 17.7 Å². The molecule has 2 heterocycles. The Morgan fingerprint density at radius 1 is 1.33 bits per heavy atom. The van der Waals surface area contributed by atoms with Crippen LogP contribution in [0.25, 0.3) is 0 Å². The fourth-order valence-corrected chi connectivity index (χ4v) is 2.62. The van der Waals surface area contributed by atoms with Gasteiger partial charge in [0.15, 0.2) is 0 Å². The molecule has 1 atom stereocenters. The lowest BCUT2D eigenvalue weighted by molar-refractivity contribution is -0.148. The van der Waals surface area contributed by atoms with E-state index in [0.29, 0.717) is 12.2 Å². The number of carbonyl (C=O) groups excluding carboxylic acids is 1. The normalized spacial score (nSPS) is 15.2. The van der Waals surface area contributed by atoms with Gasteiger partial charge < -0.3 is 10.7 Å². The molecular formula is C15H14F3N5O. The molecule has 2 aromatic rings. The Hall–Kier alpha value is -2.68. The zero-order chi connectivity index (χ0) is 17.3. The number of nitrogens with one attached hydrogen (secondary N) is 1. The third kappa shape index (κ3) is 3.16. The maximum Gasteiger partial charge on any atom is 0.397 e. The number of hydrazine groups is 1. The van der Waals surface area contributed by atoms with Crippen molar-refractivity contribution in [3.63, 3.8) is 0 Å². The molecule has 0 bridgehead atoms. The van der Waals surface area contributed by atoms with Crippen molar-refractivity contribution in [3.8, 4) is 0 Å². The maximum atomic E-state index is 13.5. The Morgan fingerprint density at radius 3 is 2.67 bits per heavy atom. The van der Waals surface area contributed by atoms with Crippen LogP contribution < -0.4 is 16.2 Å². The van der Waals surface area contributed by atoms with E-state index in [2.05, 4.69) is 15.4 Å². The molecule has 0 aliphatic carbocycles. The highest BCUT2D eigenvalue weighted by atomic mass is 19.4. The van der Waals surface area contributed by atoms with E-state index in [1.807, 2.05) is 0 Å². The third-order valence-corrected chi connectivity index (χ3v) is 3.86. The fraction of sp³-hybridized carbons (Fsp3) is 0.267. The lowest BCUT2D eigenvalue weighted by Crippen LogP contribution is -2.40. The summed E-state index contributed by atoms with van der Waals surface area (Å²) in [6, 6.07) is 4.72. The van der Waals surface area contributed by atoms with Crippen molar-refractivity contribution >= 4 is 11.6 Å². The van der Waals surface area contributed by atoms with Crippen molar-refractivity contribution in [3.05, 3.63) is 53.6 Å². The predicted octanol–water partition coefficient (Wildman–Crippen LogP) is 1.75. The molecule has 1 aliphatic rings. The summed E-state index contributed by atoms with van der Waals surface area (Å²) in [5.74, 6) is -2.40. The SMILES string of the molecule is NC(=O)c1ccc2c(c1)N(CC(c1cncnc1)C(F)(F)F)NC2. The topological polar surface area (TPSA) is 84.1 Å². The number of carbonyl (C=O) groups is 1. The number of rotatable bonds is 4. The van der Waals surface area contributed by atoms with Crippen LogP contribution in [-0.2, 0) is 6.54 Å². The summed E-state index contributed by atoms with van der Waals surface area (Å²) in [4.78, 5) is 18.6. The van der Waals surface area contributed by atoms with Gasteiger partial charge in [-0.05, 0) is 17.7 Å². The van der Waals surface area contributed by atoms with Gasteiger partial charge in [-0.2, -0.15) is 13.2 Å². The first-order valence-electron chi connectivity index (χ1n) is 7.11. The highest BCUT2D eigenvalue weighted by molar-refractivity contribution is 5.94. The highest BCUT2D eigenvalue weighted by Crippen LogP contribution is 2.37. The standard InChI is InChI=1S/C15H14F3N5O/c16-15(17,18)12(11-4-20-8-21-5-11)7-23-13-3-9(14(19)24)1-2-10(13)6-22-23/h1-5,8,12,22H,6-7H2,(H2,19,24). The van der Waals surface area contributed by atoms with Gasteiger partial charge in [0.05, 0.1) is 12.2 Å². The average molecular weight is 337 g/mol. The number of fused-ring (bicyclic) bond motifs is 1. The summed E-state index contributed by atoms with van der Waals surface area (Å²) in [6.07, 6.45) is -0.972. The Morgan fingerprint density at radius 2 is 2.04 bits per heavy atom. The quantitative estimate of drug-likeness (QED) is 0.888. The van der Waals surface area contributed by atoms with Crippen molar-refractivity contribution in [1.82, 2.24) is 15.4 Å². The zero-order valence-electron chi connectivity index (χ0n) is 12.4. The molecule has 1 aromatic heterocycles. The van der Waals surface area contributed by atoms with Gasteiger partial charge in [0.25, 0.3) is 0 Å². The summed E-state index contributed by atoms with van der Waals surface area (Å²) in [7, 11) is 0. The van der Waals surface area contributed by atoms with Crippen LogP contribution in [0.2, 0.25) is 0 Å². The van der Waals surface area contributed by atoms with E-state index in [4.69, 9.17) is 5.73 Å². The van der Waals surface area contributed by atoms with Crippen molar-refractivity contribution < 1.29 is 18.0 Å². The molecule has 24 heavy (non-hydrogen) atoms. The Balaban J connectivity index is 1.91. The van der Waals surface area contributed by atoms with Gasteiger partial charge in [0.1, 0.15) is 12.2 Å². The van der Waals surface area contributed by atoms with Crippen LogP contribution in [0.15, 0.2) is 36.9 Å². The van der Waals surface area contributed by atoms with E-state index in [0.717, 1.165) is 18.0 Å². The van der Waals surface area contributed by atoms with Gasteiger partial charge >= 0.3 is 6.18 Å². The van der Waals surface area contributed by atoms with Gasteiger partial charge in [-0.15, -0.1) is 0 Å². The smallest absolute Gasteiger partial charge is 0.366 e. The number of hydrogen-bond acceptors (Lipinski definition) is 5. The minimum atomic E-state index is -4.46. The molecular weight excluding hydrogens is 323 g/mol. The molecule has 9 heteroatoms. The first kappa shape index (κ1) is 16.2. The zero-order valence-corrected chi connectivity index (χ0v) is 12.4.